The van der Waals surface area contributed by atoms with Gasteiger partial charge in [-0.05, 0) is 139 Å². The summed E-state index contributed by atoms with van der Waals surface area (Å²) in [6.07, 6.45) is 0.937. The number of alkyl halides is 2. The van der Waals surface area contributed by atoms with Gasteiger partial charge in [-0.3, -0.25) is 14.4 Å². The van der Waals surface area contributed by atoms with Crippen molar-refractivity contribution in [2.75, 3.05) is 31.6 Å². The molecule has 3 N–H and O–H groups in total. The van der Waals surface area contributed by atoms with Gasteiger partial charge >= 0.3 is 12.2 Å². The molecule has 0 aromatic heterocycles. The molecular formula is C49H60F3N7O7. The lowest BCUT2D eigenvalue weighted by molar-refractivity contribution is -0.129. The van der Waals surface area contributed by atoms with E-state index in [0.29, 0.717) is 19.4 Å². The summed E-state index contributed by atoms with van der Waals surface area (Å²) in [4.78, 5) is 70.9. The molecule has 1 saturated carbocycles. The maximum absolute atomic E-state index is 15.1. The highest BCUT2D eigenvalue weighted by Crippen LogP contribution is 2.33. The molecule has 2 aliphatic heterocycles. The van der Waals surface area contributed by atoms with Crippen molar-refractivity contribution in [1.29, 1.82) is 0 Å². The second-order valence-electron chi connectivity index (χ2n) is 19.5. The Bertz CT molecular complexity index is 2350. The van der Waals surface area contributed by atoms with Gasteiger partial charge in [-0.2, -0.15) is 5.11 Å². The van der Waals surface area contributed by atoms with Gasteiger partial charge in [-0.25, -0.2) is 27.8 Å². The Morgan fingerprint density at radius 1 is 0.879 bits per heavy atom. The van der Waals surface area contributed by atoms with Crippen LogP contribution in [-0.4, -0.2) is 90.0 Å². The molecular weight excluding hydrogens is 856 g/mol. The number of azo groups is 1. The smallest absolute Gasteiger partial charge is 0.410 e. The number of piperidine rings is 1. The maximum atomic E-state index is 15.1. The quantitative estimate of drug-likeness (QED) is 0.153. The third-order valence-corrected chi connectivity index (χ3v) is 11.6. The number of hydrogen-bond acceptors (Lipinski definition) is 10. The third-order valence-electron chi connectivity index (χ3n) is 11.6. The van der Waals surface area contributed by atoms with Gasteiger partial charge in [0.05, 0.1) is 18.2 Å². The van der Waals surface area contributed by atoms with Crippen molar-refractivity contribution in [3.63, 3.8) is 0 Å². The van der Waals surface area contributed by atoms with Crippen LogP contribution in [0.25, 0.3) is 11.1 Å². The first-order valence-corrected chi connectivity index (χ1v) is 22.4. The molecule has 1 unspecified atom stereocenters. The zero-order valence-corrected chi connectivity index (χ0v) is 38.6. The predicted molar refractivity (Wildman–Crippen MR) is 243 cm³/mol. The number of halogens is 3. The van der Waals surface area contributed by atoms with E-state index < -0.39 is 71.9 Å². The van der Waals surface area contributed by atoms with Crippen LogP contribution in [0.2, 0.25) is 0 Å². The maximum Gasteiger partial charge on any atom is 0.410 e. The number of nitrogens with one attached hydrogen (secondary N) is 3. The van der Waals surface area contributed by atoms with E-state index in [-0.39, 0.29) is 66.3 Å². The zero-order chi connectivity index (χ0) is 48.0. The topological polar surface area (TPSA) is 180 Å². The number of ketones is 1. The van der Waals surface area contributed by atoms with Gasteiger partial charge < -0.3 is 30.3 Å². The van der Waals surface area contributed by atoms with Crippen LogP contribution in [0.1, 0.15) is 107 Å². The first-order chi connectivity index (χ1) is 31.0. The number of benzene rings is 3. The number of Topliss-reactive ketones (excluding diaryl/α,β-unsaturated/α-hetero) is 1. The molecule has 2 fully saturated rings. The Balaban J connectivity index is 1.11. The van der Waals surface area contributed by atoms with Crippen molar-refractivity contribution in [2.45, 2.75) is 117 Å². The van der Waals surface area contributed by atoms with Crippen molar-refractivity contribution in [3.8, 4) is 11.1 Å². The first-order valence-electron chi connectivity index (χ1n) is 22.4. The molecule has 6 rings (SSSR count). The highest BCUT2D eigenvalue weighted by Gasteiger charge is 2.44. The fraction of sp³-hybridized carbons (Fsp3) is 0.510. The Morgan fingerprint density at radius 3 is 2.18 bits per heavy atom. The number of anilines is 1. The van der Waals surface area contributed by atoms with Gasteiger partial charge in [-0.15, -0.1) is 5.11 Å². The van der Waals surface area contributed by atoms with E-state index in [2.05, 4.69) is 31.2 Å². The molecule has 2 heterocycles. The largest absolute Gasteiger partial charge is 0.444 e. The summed E-state index contributed by atoms with van der Waals surface area (Å²) in [6, 6.07) is 15.8. The van der Waals surface area contributed by atoms with Crippen LogP contribution >= 0.6 is 0 Å². The van der Waals surface area contributed by atoms with E-state index in [9.17, 15) is 32.8 Å². The summed E-state index contributed by atoms with van der Waals surface area (Å²) < 4.78 is 55.2. The van der Waals surface area contributed by atoms with E-state index in [1.54, 1.807) is 65.8 Å². The third kappa shape index (κ3) is 13.9. The van der Waals surface area contributed by atoms with Crippen molar-refractivity contribution < 1.29 is 46.6 Å². The Morgan fingerprint density at radius 2 is 1.56 bits per heavy atom. The lowest BCUT2D eigenvalue weighted by Gasteiger charge is -2.38. The SMILES string of the molecule is Cc1cc(C(=O)NC2CN(C(=O)OC(C)(C)C)CC(F)(F)C2)ccc1-c1ccc(C[C@H](CC(=O)C2CCC(CNC(=O)OC(C)(C)C)CC2)C(=O)Nc2ccc(C3=NCN=N3)c(F)c2)cc1. The van der Waals surface area contributed by atoms with Crippen molar-refractivity contribution in [3.05, 3.63) is 88.7 Å². The molecule has 1 saturated heterocycles. The summed E-state index contributed by atoms with van der Waals surface area (Å²) in [6.45, 7) is 11.8. The summed E-state index contributed by atoms with van der Waals surface area (Å²) in [5.74, 6) is -5.54. The second kappa shape index (κ2) is 20.6. The molecule has 2 atom stereocenters. The molecule has 3 aromatic carbocycles. The monoisotopic (exact) mass is 915 g/mol. The van der Waals surface area contributed by atoms with E-state index >= 15 is 4.39 Å². The van der Waals surface area contributed by atoms with Crippen LogP contribution in [0.4, 0.5) is 28.4 Å². The van der Waals surface area contributed by atoms with Gasteiger partial charge in [0.1, 0.15) is 22.8 Å². The molecule has 0 radical (unpaired) electrons. The number of likely N-dealkylation sites (tertiary alicyclic amines) is 1. The fourth-order valence-electron chi connectivity index (χ4n) is 8.45. The fourth-order valence-corrected chi connectivity index (χ4v) is 8.45. The summed E-state index contributed by atoms with van der Waals surface area (Å²) in [7, 11) is 0. The molecule has 0 spiro atoms. The van der Waals surface area contributed by atoms with Gasteiger partial charge in [0, 0.05) is 49.0 Å². The summed E-state index contributed by atoms with van der Waals surface area (Å²) in [5, 5.41) is 15.9. The number of ether oxygens (including phenoxy) is 2. The van der Waals surface area contributed by atoms with Crippen molar-refractivity contribution >= 4 is 41.3 Å². The lowest BCUT2D eigenvalue weighted by Crippen LogP contribution is -2.57. The van der Waals surface area contributed by atoms with Gasteiger partial charge in [0.25, 0.3) is 11.8 Å². The number of aliphatic imine (C=N–C) groups is 1. The Kier molecular flexibility index (Phi) is 15.4. The minimum Gasteiger partial charge on any atom is -0.444 e. The van der Waals surface area contributed by atoms with E-state index in [4.69, 9.17) is 9.47 Å². The average molecular weight is 916 g/mol. The lowest BCUT2D eigenvalue weighted by atomic mass is 9.77. The molecule has 3 aromatic rings. The molecule has 0 bridgehead atoms. The number of hydrogen-bond donors (Lipinski definition) is 3. The van der Waals surface area contributed by atoms with Crippen LogP contribution in [0, 0.1) is 30.5 Å². The molecule has 3 aliphatic rings. The molecule has 17 heteroatoms. The van der Waals surface area contributed by atoms with E-state index in [0.717, 1.165) is 40.0 Å². The van der Waals surface area contributed by atoms with Gasteiger partial charge in [-0.1, -0.05) is 30.3 Å². The molecule has 66 heavy (non-hydrogen) atoms. The highest BCUT2D eigenvalue weighted by molar-refractivity contribution is 6.01. The normalized spacial score (nSPS) is 19.9. The number of amidine groups is 1. The van der Waals surface area contributed by atoms with Crippen molar-refractivity contribution in [1.82, 2.24) is 15.5 Å². The minimum absolute atomic E-state index is 0.0308. The zero-order valence-electron chi connectivity index (χ0n) is 38.6. The standard InChI is InChI=1S/C49H60F3N7O7/c1-29-20-34(43(61)57-37-24-49(51,52)27-59(26-37)46(64)66-48(5,6)7)16-18-38(29)32-12-8-30(9-13-32)21-35(44(62)56-36-17-19-39(40(50)23-36)42-54-28-55-58-42)22-41(60)33-14-10-31(11-15-33)25-53-45(63)65-47(2,3)4/h8-9,12-13,16-20,23,31,33,35,37H,10-11,14-15,21-22,24-28H2,1-7H3,(H,53,63)(H,56,62)(H,57,61)/t31?,33?,35-,37?/m1/s1. The number of carbonyl (C=O) groups excluding carboxylic acids is 5. The molecule has 1 aliphatic carbocycles. The van der Waals surface area contributed by atoms with Gasteiger partial charge in [0.15, 0.2) is 12.5 Å². The number of carbonyl (C=O) groups is 5. The Labute approximate surface area is 383 Å². The molecule has 14 nitrogen and oxygen atoms in total. The Hall–Kier alpha value is -6.13. The number of aryl methyl sites for hydroxylation is 1. The van der Waals surface area contributed by atoms with Crippen LogP contribution in [0.5, 0.6) is 0 Å². The first kappa shape index (κ1) is 49.3. The number of amides is 4. The number of alkyl carbamates (subject to hydrolysis) is 1. The summed E-state index contributed by atoms with van der Waals surface area (Å²) >= 11 is 0. The average Bonchev–Trinajstić information content (AvgIpc) is 3.76. The highest BCUT2D eigenvalue weighted by atomic mass is 19.3. The number of rotatable bonds is 13. The van der Waals surface area contributed by atoms with E-state index in [1.807, 2.05) is 31.2 Å². The predicted octanol–water partition coefficient (Wildman–Crippen LogP) is 9.43. The van der Waals surface area contributed by atoms with E-state index in [1.165, 1.54) is 12.1 Å². The number of nitrogens with zero attached hydrogens (tertiary/aromatic N) is 4. The van der Waals surface area contributed by atoms with Gasteiger partial charge in [0.2, 0.25) is 5.91 Å². The van der Waals surface area contributed by atoms with Crippen LogP contribution in [-0.2, 0) is 25.5 Å². The van der Waals surface area contributed by atoms with Crippen LogP contribution in [0.15, 0.2) is 75.9 Å². The van der Waals surface area contributed by atoms with Crippen LogP contribution in [0.3, 0.4) is 0 Å². The van der Waals surface area contributed by atoms with Crippen LogP contribution < -0.4 is 16.0 Å². The molecule has 354 valence electrons. The van der Waals surface area contributed by atoms with Crippen molar-refractivity contribution in [2.24, 2.45) is 33.0 Å². The second-order valence-corrected chi connectivity index (χ2v) is 19.5. The molecule has 4 amide bonds. The minimum atomic E-state index is -3.21. The summed E-state index contributed by atoms with van der Waals surface area (Å²) in [5.41, 5.74) is 2.33.